The summed E-state index contributed by atoms with van der Waals surface area (Å²) in [6.07, 6.45) is 2.03. The first kappa shape index (κ1) is 12.9. The summed E-state index contributed by atoms with van der Waals surface area (Å²) in [6, 6.07) is 1.69. The Hall–Kier alpha value is -1.56. The zero-order chi connectivity index (χ0) is 12.8. The van der Waals surface area contributed by atoms with E-state index in [9.17, 15) is 4.79 Å². The fourth-order valence-electron chi connectivity index (χ4n) is 1.77. The van der Waals surface area contributed by atoms with E-state index in [2.05, 4.69) is 17.4 Å². The number of morpholine rings is 1. The molecule has 0 saturated carbocycles. The second kappa shape index (κ2) is 6.39. The van der Waals surface area contributed by atoms with Gasteiger partial charge in [-0.05, 0) is 6.42 Å². The summed E-state index contributed by atoms with van der Waals surface area (Å²) < 4.78 is 10.4. The maximum absolute atomic E-state index is 11.7. The molecule has 2 rings (SSSR count). The van der Waals surface area contributed by atoms with Crippen LogP contribution in [0.5, 0.6) is 0 Å². The number of anilines is 1. The van der Waals surface area contributed by atoms with Gasteiger partial charge in [0, 0.05) is 25.7 Å². The molecule has 1 aromatic heterocycles. The van der Waals surface area contributed by atoms with Crippen molar-refractivity contribution in [1.82, 2.24) is 10.5 Å². The lowest BCUT2D eigenvalue weighted by atomic mass is 10.3. The molecule has 1 amide bonds. The van der Waals surface area contributed by atoms with E-state index in [4.69, 9.17) is 9.26 Å². The molecule has 0 radical (unpaired) electrons. The summed E-state index contributed by atoms with van der Waals surface area (Å²) in [4.78, 5) is 13.8. The maximum atomic E-state index is 11.7. The first-order valence-corrected chi connectivity index (χ1v) is 6.39. The molecule has 18 heavy (non-hydrogen) atoms. The summed E-state index contributed by atoms with van der Waals surface area (Å²) in [5.41, 5.74) is 0.340. The lowest BCUT2D eigenvalue weighted by Crippen LogP contribution is -2.35. The molecule has 6 nitrogen and oxygen atoms in total. The Balaban J connectivity index is 1.90. The van der Waals surface area contributed by atoms with Crippen LogP contribution in [0.15, 0.2) is 10.6 Å². The van der Waals surface area contributed by atoms with Crippen molar-refractivity contribution < 1.29 is 14.1 Å². The van der Waals surface area contributed by atoms with Gasteiger partial charge in [-0.1, -0.05) is 18.5 Å². The van der Waals surface area contributed by atoms with Gasteiger partial charge in [0.25, 0.3) is 5.91 Å². The summed E-state index contributed by atoms with van der Waals surface area (Å²) in [5, 5.41) is 6.61. The van der Waals surface area contributed by atoms with Gasteiger partial charge in [0.05, 0.1) is 13.2 Å². The molecule has 1 aliphatic heterocycles. The summed E-state index contributed by atoms with van der Waals surface area (Å²) in [6.45, 7) is 5.66. The fraction of sp³-hybridized carbons (Fsp3) is 0.667. The predicted octanol–water partition coefficient (Wildman–Crippen LogP) is 1.04. The third-order valence-electron chi connectivity index (χ3n) is 2.87. The highest BCUT2D eigenvalue weighted by molar-refractivity contribution is 5.92. The highest BCUT2D eigenvalue weighted by Gasteiger charge is 2.18. The number of nitrogens with one attached hydrogen (secondary N) is 1. The van der Waals surface area contributed by atoms with Crippen molar-refractivity contribution >= 4 is 11.8 Å². The quantitative estimate of drug-likeness (QED) is 0.794. The second-order valence-corrected chi connectivity index (χ2v) is 4.26. The van der Waals surface area contributed by atoms with E-state index in [1.54, 1.807) is 6.07 Å². The molecule has 1 N–H and O–H groups in total. The molecule has 0 spiro atoms. The van der Waals surface area contributed by atoms with Gasteiger partial charge in [0.2, 0.25) is 5.88 Å². The molecule has 6 heteroatoms. The number of carbonyl (C=O) groups excluding carboxylic acids is 1. The maximum Gasteiger partial charge on any atom is 0.273 e. The van der Waals surface area contributed by atoms with Crippen LogP contribution in [0.4, 0.5) is 5.88 Å². The van der Waals surface area contributed by atoms with Gasteiger partial charge in [-0.2, -0.15) is 0 Å². The second-order valence-electron chi connectivity index (χ2n) is 4.26. The zero-order valence-corrected chi connectivity index (χ0v) is 10.6. The van der Waals surface area contributed by atoms with Crippen molar-refractivity contribution in [3.8, 4) is 0 Å². The Kier molecular flexibility index (Phi) is 4.58. The molecule has 1 aromatic rings. The van der Waals surface area contributed by atoms with Gasteiger partial charge in [-0.15, -0.1) is 0 Å². The van der Waals surface area contributed by atoms with E-state index < -0.39 is 0 Å². The molecule has 100 valence electrons. The summed E-state index contributed by atoms with van der Waals surface area (Å²) in [7, 11) is 0. The van der Waals surface area contributed by atoms with E-state index >= 15 is 0 Å². The molecule has 2 heterocycles. The van der Waals surface area contributed by atoms with E-state index in [1.165, 1.54) is 0 Å². The van der Waals surface area contributed by atoms with Crippen LogP contribution in [0.1, 0.15) is 30.3 Å². The van der Waals surface area contributed by atoms with Gasteiger partial charge < -0.3 is 19.5 Å². The highest BCUT2D eigenvalue weighted by Crippen LogP contribution is 2.16. The van der Waals surface area contributed by atoms with Crippen LogP contribution < -0.4 is 10.2 Å². The molecule has 0 unspecified atom stereocenters. The lowest BCUT2D eigenvalue weighted by molar-refractivity contribution is 0.0944. The molecule has 0 aromatic carbocycles. The molecule has 1 fully saturated rings. The summed E-state index contributed by atoms with van der Waals surface area (Å²) in [5.74, 6) is 0.464. The van der Waals surface area contributed by atoms with Gasteiger partial charge >= 0.3 is 0 Å². The number of nitrogens with zero attached hydrogens (tertiary/aromatic N) is 2. The van der Waals surface area contributed by atoms with Crippen molar-refractivity contribution in [2.24, 2.45) is 0 Å². The Labute approximate surface area is 106 Å². The van der Waals surface area contributed by atoms with Crippen molar-refractivity contribution in [3.63, 3.8) is 0 Å². The van der Waals surface area contributed by atoms with E-state index in [1.807, 2.05) is 4.90 Å². The predicted molar refractivity (Wildman–Crippen MR) is 66.8 cm³/mol. The minimum Gasteiger partial charge on any atom is -0.378 e. The van der Waals surface area contributed by atoms with Crippen LogP contribution in [-0.4, -0.2) is 43.9 Å². The Morgan fingerprint density at radius 2 is 2.28 bits per heavy atom. The number of amides is 1. The van der Waals surface area contributed by atoms with Crippen LogP contribution in [0.3, 0.4) is 0 Å². The summed E-state index contributed by atoms with van der Waals surface area (Å²) >= 11 is 0. The minimum absolute atomic E-state index is 0.174. The van der Waals surface area contributed by atoms with Crippen LogP contribution >= 0.6 is 0 Å². The fourth-order valence-corrected chi connectivity index (χ4v) is 1.77. The van der Waals surface area contributed by atoms with Crippen molar-refractivity contribution in [1.29, 1.82) is 0 Å². The molecule has 1 aliphatic rings. The van der Waals surface area contributed by atoms with Gasteiger partial charge in [-0.3, -0.25) is 4.79 Å². The SMILES string of the molecule is CCCCNC(=O)c1cc(N2CCOCC2)on1. The molecule has 0 atom stereocenters. The first-order valence-electron chi connectivity index (χ1n) is 6.39. The number of hydrogen-bond acceptors (Lipinski definition) is 5. The van der Waals surface area contributed by atoms with E-state index in [0.717, 1.165) is 25.9 Å². The molecular weight excluding hydrogens is 234 g/mol. The van der Waals surface area contributed by atoms with E-state index in [-0.39, 0.29) is 5.91 Å². The molecule has 0 aliphatic carbocycles. The monoisotopic (exact) mass is 253 g/mol. The van der Waals surface area contributed by atoms with Crippen LogP contribution in [-0.2, 0) is 4.74 Å². The molecule has 1 saturated heterocycles. The smallest absolute Gasteiger partial charge is 0.273 e. The number of rotatable bonds is 5. The zero-order valence-electron chi connectivity index (χ0n) is 10.6. The third kappa shape index (κ3) is 3.22. The standard InChI is InChI=1S/C12H19N3O3/c1-2-3-4-13-12(16)10-9-11(18-14-10)15-5-7-17-8-6-15/h9H,2-8H2,1H3,(H,13,16). The third-order valence-corrected chi connectivity index (χ3v) is 2.87. The normalized spacial score (nSPS) is 15.7. The Bertz CT molecular complexity index is 386. The molecular formula is C12H19N3O3. The number of unbranched alkanes of at least 4 members (excludes halogenated alkanes) is 1. The average molecular weight is 253 g/mol. The first-order chi connectivity index (χ1) is 8.81. The van der Waals surface area contributed by atoms with Crippen molar-refractivity contribution in [2.45, 2.75) is 19.8 Å². The van der Waals surface area contributed by atoms with Crippen LogP contribution in [0, 0.1) is 0 Å². The van der Waals surface area contributed by atoms with Crippen molar-refractivity contribution in [3.05, 3.63) is 11.8 Å². The average Bonchev–Trinajstić information content (AvgIpc) is 2.89. The Morgan fingerprint density at radius 1 is 1.50 bits per heavy atom. The Morgan fingerprint density at radius 3 is 3.00 bits per heavy atom. The van der Waals surface area contributed by atoms with E-state index in [0.29, 0.717) is 31.3 Å². The van der Waals surface area contributed by atoms with Crippen LogP contribution in [0.2, 0.25) is 0 Å². The van der Waals surface area contributed by atoms with Gasteiger partial charge in [0.1, 0.15) is 0 Å². The number of carbonyl (C=O) groups is 1. The van der Waals surface area contributed by atoms with Gasteiger partial charge in [-0.25, -0.2) is 0 Å². The van der Waals surface area contributed by atoms with Gasteiger partial charge in [0.15, 0.2) is 5.69 Å². The van der Waals surface area contributed by atoms with Crippen LogP contribution in [0.25, 0.3) is 0 Å². The number of aromatic nitrogens is 1. The van der Waals surface area contributed by atoms with Crippen molar-refractivity contribution in [2.75, 3.05) is 37.7 Å². The minimum atomic E-state index is -0.174. The molecule has 0 bridgehead atoms. The number of hydrogen-bond donors (Lipinski definition) is 1. The highest BCUT2D eigenvalue weighted by atomic mass is 16.5. The lowest BCUT2D eigenvalue weighted by Gasteiger charge is -2.25. The topological polar surface area (TPSA) is 67.6 Å². The number of ether oxygens (including phenoxy) is 1. The largest absolute Gasteiger partial charge is 0.378 e.